The standard InChI is InChI=1S/C17H23N3O2S/c1-22-16(21)9-3-2-6-12-18-17(23)20-19-15-11-10-13-7-4-5-8-14(13)15/h4-5,7-8H,2-3,6,9-12H2,1H3,(H2,18,20,23)/b19-15-. The highest BCUT2D eigenvalue weighted by atomic mass is 32.1. The Hall–Kier alpha value is -1.95. The number of carbonyl (C=O) groups excluding carboxylic acids is 1. The fourth-order valence-electron chi connectivity index (χ4n) is 2.56. The Bertz CT molecular complexity index is 587. The zero-order valence-electron chi connectivity index (χ0n) is 13.4. The summed E-state index contributed by atoms with van der Waals surface area (Å²) in [4.78, 5) is 11.0. The second-order valence-electron chi connectivity index (χ2n) is 5.47. The van der Waals surface area contributed by atoms with Crippen LogP contribution in [0.25, 0.3) is 0 Å². The minimum Gasteiger partial charge on any atom is -0.469 e. The van der Waals surface area contributed by atoms with Crippen LogP contribution in [0.1, 0.15) is 43.2 Å². The normalized spacial score (nSPS) is 14.4. The third-order valence-electron chi connectivity index (χ3n) is 3.82. The average molecular weight is 333 g/mol. The van der Waals surface area contributed by atoms with Crippen molar-refractivity contribution in [3.8, 4) is 0 Å². The smallest absolute Gasteiger partial charge is 0.305 e. The topological polar surface area (TPSA) is 62.7 Å². The van der Waals surface area contributed by atoms with E-state index in [0.717, 1.165) is 44.4 Å². The number of fused-ring (bicyclic) bond motifs is 1. The van der Waals surface area contributed by atoms with Gasteiger partial charge in [0.2, 0.25) is 0 Å². The van der Waals surface area contributed by atoms with Gasteiger partial charge >= 0.3 is 5.97 Å². The van der Waals surface area contributed by atoms with Gasteiger partial charge in [-0.1, -0.05) is 30.7 Å². The third-order valence-corrected chi connectivity index (χ3v) is 4.06. The van der Waals surface area contributed by atoms with Crippen molar-refractivity contribution in [3.63, 3.8) is 0 Å². The first-order valence-electron chi connectivity index (χ1n) is 7.96. The van der Waals surface area contributed by atoms with E-state index in [0.29, 0.717) is 11.5 Å². The molecule has 5 nitrogen and oxygen atoms in total. The predicted octanol–water partition coefficient (Wildman–Crippen LogP) is 2.53. The van der Waals surface area contributed by atoms with Gasteiger partial charge in [0.25, 0.3) is 0 Å². The lowest BCUT2D eigenvalue weighted by Crippen LogP contribution is -2.33. The maximum atomic E-state index is 11.0. The molecule has 0 spiro atoms. The van der Waals surface area contributed by atoms with Crippen LogP contribution in [0.4, 0.5) is 0 Å². The SMILES string of the molecule is COC(=O)CCCCCNC(=S)N/N=C1/CCc2ccccc21. The number of thiocarbonyl (C=S) groups is 1. The maximum absolute atomic E-state index is 11.0. The molecule has 0 amide bonds. The number of esters is 1. The van der Waals surface area contributed by atoms with E-state index in [9.17, 15) is 4.79 Å². The molecular formula is C17H23N3O2S. The molecule has 124 valence electrons. The van der Waals surface area contributed by atoms with Crippen molar-refractivity contribution in [1.29, 1.82) is 0 Å². The van der Waals surface area contributed by atoms with E-state index >= 15 is 0 Å². The second kappa shape index (κ2) is 9.25. The van der Waals surface area contributed by atoms with Crippen LogP contribution in [-0.2, 0) is 16.0 Å². The zero-order valence-corrected chi connectivity index (χ0v) is 14.2. The summed E-state index contributed by atoms with van der Waals surface area (Å²) < 4.78 is 4.60. The summed E-state index contributed by atoms with van der Waals surface area (Å²) in [6.45, 7) is 0.772. The highest BCUT2D eigenvalue weighted by molar-refractivity contribution is 7.80. The molecule has 0 aromatic heterocycles. The van der Waals surface area contributed by atoms with Crippen molar-refractivity contribution in [3.05, 3.63) is 35.4 Å². The first-order valence-corrected chi connectivity index (χ1v) is 8.37. The van der Waals surface area contributed by atoms with E-state index in [1.54, 1.807) is 0 Å². The van der Waals surface area contributed by atoms with Gasteiger partial charge in [-0.05, 0) is 43.5 Å². The molecule has 1 aromatic rings. The highest BCUT2D eigenvalue weighted by Gasteiger charge is 2.16. The van der Waals surface area contributed by atoms with E-state index in [1.165, 1.54) is 18.2 Å². The Balaban J connectivity index is 1.63. The molecular weight excluding hydrogens is 310 g/mol. The van der Waals surface area contributed by atoms with Gasteiger partial charge in [-0.3, -0.25) is 10.2 Å². The van der Waals surface area contributed by atoms with E-state index in [-0.39, 0.29) is 5.97 Å². The molecule has 0 radical (unpaired) electrons. The highest BCUT2D eigenvalue weighted by Crippen LogP contribution is 2.21. The number of ether oxygens (including phenoxy) is 1. The molecule has 0 heterocycles. The number of aryl methyl sites for hydroxylation is 1. The van der Waals surface area contributed by atoms with Crippen LogP contribution in [0, 0.1) is 0 Å². The first kappa shape index (κ1) is 17.4. The molecule has 0 unspecified atom stereocenters. The molecule has 0 bridgehead atoms. The van der Waals surface area contributed by atoms with Crippen molar-refractivity contribution in [1.82, 2.24) is 10.7 Å². The molecule has 0 saturated heterocycles. The second-order valence-corrected chi connectivity index (χ2v) is 5.88. The van der Waals surface area contributed by atoms with Gasteiger partial charge in [-0.2, -0.15) is 5.10 Å². The Kier molecular flexibility index (Phi) is 7.00. The van der Waals surface area contributed by atoms with Gasteiger partial charge < -0.3 is 10.1 Å². The van der Waals surface area contributed by atoms with Crippen LogP contribution < -0.4 is 10.7 Å². The summed E-state index contributed by atoms with van der Waals surface area (Å²) in [6, 6.07) is 8.33. The Morgan fingerprint density at radius 2 is 2.09 bits per heavy atom. The molecule has 0 fully saturated rings. The summed E-state index contributed by atoms with van der Waals surface area (Å²) in [5.74, 6) is -0.150. The van der Waals surface area contributed by atoms with E-state index in [2.05, 4.69) is 38.8 Å². The molecule has 0 aliphatic heterocycles. The van der Waals surface area contributed by atoms with Crippen LogP contribution >= 0.6 is 12.2 Å². The maximum Gasteiger partial charge on any atom is 0.305 e. The molecule has 6 heteroatoms. The van der Waals surface area contributed by atoms with E-state index < -0.39 is 0 Å². The zero-order chi connectivity index (χ0) is 16.5. The molecule has 0 atom stereocenters. The summed E-state index contributed by atoms with van der Waals surface area (Å²) >= 11 is 5.22. The van der Waals surface area contributed by atoms with Crippen molar-refractivity contribution in [2.24, 2.45) is 5.10 Å². The Labute approximate surface area is 142 Å². The van der Waals surface area contributed by atoms with E-state index in [1.807, 2.05) is 6.07 Å². The lowest BCUT2D eigenvalue weighted by molar-refractivity contribution is -0.140. The number of hydrazone groups is 1. The lowest BCUT2D eigenvalue weighted by Gasteiger charge is -2.08. The predicted molar refractivity (Wildman–Crippen MR) is 95.5 cm³/mol. The van der Waals surface area contributed by atoms with Gasteiger partial charge in [-0.15, -0.1) is 0 Å². The van der Waals surface area contributed by atoms with Crippen molar-refractivity contribution < 1.29 is 9.53 Å². The van der Waals surface area contributed by atoms with Crippen molar-refractivity contribution >= 4 is 29.0 Å². The van der Waals surface area contributed by atoms with Crippen LogP contribution in [0.3, 0.4) is 0 Å². The number of hydrogen-bond donors (Lipinski definition) is 2. The molecule has 0 saturated carbocycles. The molecule has 1 aromatic carbocycles. The van der Waals surface area contributed by atoms with Crippen LogP contribution in [-0.4, -0.2) is 30.4 Å². The number of nitrogens with one attached hydrogen (secondary N) is 2. The molecule has 2 N–H and O–H groups in total. The van der Waals surface area contributed by atoms with Crippen LogP contribution in [0.2, 0.25) is 0 Å². The van der Waals surface area contributed by atoms with Gasteiger partial charge in [0, 0.05) is 18.5 Å². The molecule has 1 aliphatic carbocycles. The fourth-order valence-corrected chi connectivity index (χ4v) is 2.70. The van der Waals surface area contributed by atoms with Gasteiger partial charge in [0.1, 0.15) is 0 Å². The van der Waals surface area contributed by atoms with Crippen LogP contribution in [0.15, 0.2) is 29.4 Å². The van der Waals surface area contributed by atoms with Crippen molar-refractivity contribution in [2.45, 2.75) is 38.5 Å². The first-order chi connectivity index (χ1) is 11.2. The number of carbonyl (C=O) groups is 1. The largest absolute Gasteiger partial charge is 0.469 e. The van der Waals surface area contributed by atoms with Gasteiger partial charge in [0.05, 0.1) is 12.8 Å². The number of hydrogen-bond acceptors (Lipinski definition) is 4. The van der Waals surface area contributed by atoms with Crippen LogP contribution in [0.5, 0.6) is 0 Å². The molecule has 23 heavy (non-hydrogen) atoms. The Morgan fingerprint density at radius 3 is 2.91 bits per heavy atom. The lowest BCUT2D eigenvalue weighted by atomic mass is 10.1. The minimum absolute atomic E-state index is 0.150. The summed E-state index contributed by atoms with van der Waals surface area (Å²) in [5, 5.41) is 8.08. The molecule has 2 rings (SSSR count). The third kappa shape index (κ3) is 5.63. The van der Waals surface area contributed by atoms with E-state index in [4.69, 9.17) is 12.2 Å². The summed E-state index contributed by atoms with van der Waals surface area (Å²) in [7, 11) is 1.41. The number of methoxy groups -OCH3 is 1. The monoisotopic (exact) mass is 333 g/mol. The van der Waals surface area contributed by atoms with Crippen molar-refractivity contribution in [2.75, 3.05) is 13.7 Å². The molecule has 1 aliphatic rings. The Morgan fingerprint density at radius 1 is 1.26 bits per heavy atom. The van der Waals surface area contributed by atoms with Gasteiger partial charge in [-0.25, -0.2) is 0 Å². The number of unbranched alkanes of at least 4 members (excludes halogenated alkanes) is 2. The minimum atomic E-state index is -0.150. The number of benzene rings is 1. The fraction of sp³-hybridized carbons (Fsp3) is 0.471. The van der Waals surface area contributed by atoms with Gasteiger partial charge in [0.15, 0.2) is 5.11 Å². The number of rotatable bonds is 7. The average Bonchev–Trinajstić information content (AvgIpc) is 2.99. The quantitative estimate of drug-likeness (QED) is 0.347. The summed E-state index contributed by atoms with van der Waals surface area (Å²) in [5.41, 5.74) is 6.53. The number of nitrogens with zero attached hydrogens (tertiary/aromatic N) is 1. The summed E-state index contributed by atoms with van der Waals surface area (Å²) in [6.07, 6.45) is 5.23.